The molecule has 5 heteroatoms. The molecule has 0 aliphatic rings. The largest absolute Gasteiger partial charge is 0.497 e. The molecule has 184 valence electrons. The molecule has 0 spiro atoms. The van der Waals surface area contributed by atoms with Crippen LogP contribution < -0.4 is 9.47 Å². The van der Waals surface area contributed by atoms with Crippen LogP contribution in [0.4, 0.5) is 0 Å². The van der Waals surface area contributed by atoms with Gasteiger partial charge >= 0.3 is 5.97 Å². The Hall–Kier alpha value is -3.57. The van der Waals surface area contributed by atoms with Gasteiger partial charge in [0.25, 0.3) is 0 Å². The molecule has 0 aliphatic carbocycles. The average molecular weight is 475 g/mol. The van der Waals surface area contributed by atoms with Crippen LogP contribution in [0, 0.1) is 0 Å². The van der Waals surface area contributed by atoms with E-state index in [0.29, 0.717) is 26.2 Å². The van der Waals surface area contributed by atoms with E-state index in [4.69, 9.17) is 18.9 Å². The molecule has 1 atom stereocenters. The van der Waals surface area contributed by atoms with Gasteiger partial charge in [-0.1, -0.05) is 48.5 Å². The predicted molar refractivity (Wildman–Crippen MR) is 140 cm³/mol. The molecule has 0 saturated heterocycles. The van der Waals surface area contributed by atoms with E-state index in [1.807, 2.05) is 49.4 Å². The highest BCUT2D eigenvalue weighted by molar-refractivity contribution is 5.75. The summed E-state index contributed by atoms with van der Waals surface area (Å²) in [6.45, 7) is 7.01. The van der Waals surface area contributed by atoms with Gasteiger partial charge in [0.1, 0.15) is 18.1 Å². The van der Waals surface area contributed by atoms with Crippen LogP contribution in [0.15, 0.2) is 78.9 Å². The van der Waals surface area contributed by atoms with Gasteiger partial charge in [-0.2, -0.15) is 0 Å². The van der Waals surface area contributed by atoms with E-state index >= 15 is 0 Å². The normalized spacial score (nSPS) is 12.2. The molecule has 0 radical (unpaired) electrons. The van der Waals surface area contributed by atoms with Crippen molar-refractivity contribution in [2.24, 2.45) is 0 Å². The third kappa shape index (κ3) is 7.72. The molecule has 0 saturated carbocycles. The zero-order chi connectivity index (χ0) is 25.0. The van der Waals surface area contributed by atoms with Crippen molar-refractivity contribution in [3.8, 4) is 22.6 Å². The minimum absolute atomic E-state index is 0.327. The predicted octanol–water partition coefficient (Wildman–Crippen LogP) is 6.36. The summed E-state index contributed by atoms with van der Waals surface area (Å²) < 4.78 is 21.9. The van der Waals surface area contributed by atoms with E-state index < -0.39 is 6.10 Å². The number of rotatable bonds is 12. The number of allylic oxidation sites excluding steroid dienone is 1. The van der Waals surface area contributed by atoms with Gasteiger partial charge < -0.3 is 18.9 Å². The minimum atomic E-state index is -0.590. The Morgan fingerprint density at radius 3 is 2.29 bits per heavy atom. The molecule has 5 nitrogen and oxygen atoms in total. The van der Waals surface area contributed by atoms with Gasteiger partial charge in [0.05, 0.1) is 13.7 Å². The average Bonchev–Trinajstić information content (AvgIpc) is 2.89. The second-order valence-electron chi connectivity index (χ2n) is 8.05. The van der Waals surface area contributed by atoms with Gasteiger partial charge in [-0.3, -0.25) is 0 Å². The lowest BCUT2D eigenvalue weighted by atomic mass is 10.0. The second-order valence-corrected chi connectivity index (χ2v) is 8.05. The van der Waals surface area contributed by atoms with Gasteiger partial charge in [0.2, 0.25) is 0 Å². The lowest BCUT2D eigenvalue weighted by molar-refractivity contribution is -0.156. The first-order valence-electron chi connectivity index (χ1n) is 12.0. The summed E-state index contributed by atoms with van der Waals surface area (Å²) in [6, 6.07) is 24.3. The van der Waals surface area contributed by atoms with Crippen LogP contribution in [-0.2, 0) is 20.7 Å². The maximum atomic E-state index is 12.1. The van der Waals surface area contributed by atoms with Crippen molar-refractivity contribution in [3.63, 3.8) is 0 Å². The molecule has 0 fully saturated rings. The Kier molecular flexibility index (Phi) is 9.93. The first-order valence-corrected chi connectivity index (χ1v) is 12.0. The fraction of sp³-hybridized carbons (Fsp3) is 0.300. The number of benzene rings is 3. The SMILES string of the molecule is CCOC(=O)[C@H](Cc1ccc(OC/C=C(\C)c2ccc(-c3cccc(OC)c3)cc2)cc1)OCC. The van der Waals surface area contributed by atoms with Crippen LogP contribution in [0.25, 0.3) is 16.7 Å². The fourth-order valence-corrected chi connectivity index (χ4v) is 3.69. The molecule has 35 heavy (non-hydrogen) atoms. The van der Waals surface area contributed by atoms with Gasteiger partial charge in [0.15, 0.2) is 6.10 Å². The zero-order valence-corrected chi connectivity index (χ0v) is 21.0. The summed E-state index contributed by atoms with van der Waals surface area (Å²) in [4.78, 5) is 12.1. The third-order valence-electron chi connectivity index (χ3n) is 5.64. The van der Waals surface area contributed by atoms with Crippen molar-refractivity contribution >= 4 is 11.5 Å². The Labute approximate surface area is 208 Å². The van der Waals surface area contributed by atoms with E-state index in [1.165, 1.54) is 0 Å². The number of methoxy groups -OCH3 is 1. The van der Waals surface area contributed by atoms with Gasteiger partial charge in [0, 0.05) is 13.0 Å². The summed E-state index contributed by atoms with van der Waals surface area (Å²) in [6.07, 6.45) is 1.95. The highest BCUT2D eigenvalue weighted by Crippen LogP contribution is 2.25. The smallest absolute Gasteiger partial charge is 0.335 e. The molecular formula is C30H34O5. The van der Waals surface area contributed by atoms with Gasteiger partial charge in [-0.05, 0) is 78.9 Å². The van der Waals surface area contributed by atoms with Crippen LogP contribution in [0.2, 0.25) is 0 Å². The van der Waals surface area contributed by atoms with Crippen LogP contribution in [-0.4, -0.2) is 39.0 Å². The first-order chi connectivity index (χ1) is 17.0. The monoisotopic (exact) mass is 474 g/mol. The summed E-state index contributed by atoms with van der Waals surface area (Å²) >= 11 is 0. The zero-order valence-electron chi connectivity index (χ0n) is 21.0. The highest BCUT2D eigenvalue weighted by atomic mass is 16.6. The molecule has 0 aromatic heterocycles. The molecule has 0 N–H and O–H groups in total. The quantitative estimate of drug-likeness (QED) is 0.286. The van der Waals surface area contributed by atoms with Crippen LogP contribution >= 0.6 is 0 Å². The van der Waals surface area contributed by atoms with E-state index in [9.17, 15) is 4.79 Å². The summed E-state index contributed by atoms with van der Waals surface area (Å²) in [5.74, 6) is 1.29. The molecule has 3 rings (SSSR count). The molecular weight excluding hydrogens is 440 g/mol. The highest BCUT2D eigenvalue weighted by Gasteiger charge is 2.20. The molecule has 0 heterocycles. The third-order valence-corrected chi connectivity index (χ3v) is 5.64. The Morgan fingerprint density at radius 1 is 0.886 bits per heavy atom. The number of ether oxygens (including phenoxy) is 4. The maximum absolute atomic E-state index is 12.1. The Balaban J connectivity index is 1.55. The van der Waals surface area contributed by atoms with Crippen molar-refractivity contribution in [2.45, 2.75) is 33.3 Å². The molecule has 0 amide bonds. The molecule has 0 bridgehead atoms. The van der Waals surface area contributed by atoms with E-state index in [1.54, 1.807) is 14.0 Å². The minimum Gasteiger partial charge on any atom is -0.497 e. The van der Waals surface area contributed by atoms with Crippen LogP contribution in [0.3, 0.4) is 0 Å². The number of hydrogen-bond acceptors (Lipinski definition) is 5. The fourth-order valence-electron chi connectivity index (χ4n) is 3.69. The molecule has 0 aliphatic heterocycles. The van der Waals surface area contributed by atoms with Crippen molar-refractivity contribution in [3.05, 3.63) is 90.0 Å². The van der Waals surface area contributed by atoms with E-state index in [0.717, 1.165) is 39.3 Å². The van der Waals surface area contributed by atoms with E-state index in [2.05, 4.69) is 43.3 Å². The van der Waals surface area contributed by atoms with Crippen LogP contribution in [0.5, 0.6) is 11.5 Å². The van der Waals surface area contributed by atoms with Crippen molar-refractivity contribution in [1.29, 1.82) is 0 Å². The summed E-state index contributed by atoms with van der Waals surface area (Å²) in [7, 11) is 1.68. The van der Waals surface area contributed by atoms with Crippen molar-refractivity contribution < 1.29 is 23.7 Å². The van der Waals surface area contributed by atoms with Crippen molar-refractivity contribution in [2.75, 3.05) is 26.9 Å². The number of hydrogen-bond donors (Lipinski definition) is 0. The molecule has 3 aromatic rings. The standard InChI is InChI=1S/C30H34O5/c1-5-33-29(30(31)34-6-2)20-23-10-16-27(17-11-23)35-19-18-22(3)24-12-14-25(15-13-24)26-8-7-9-28(21-26)32-4/h7-18,21,29H,5-6,19-20H2,1-4H3/b22-18+/t29-/m0/s1. The maximum Gasteiger partial charge on any atom is 0.335 e. The van der Waals surface area contributed by atoms with Crippen molar-refractivity contribution in [1.82, 2.24) is 0 Å². The Bertz CT molecular complexity index is 1100. The number of esters is 1. The van der Waals surface area contributed by atoms with Gasteiger partial charge in [-0.25, -0.2) is 4.79 Å². The lowest BCUT2D eigenvalue weighted by Crippen LogP contribution is -2.28. The number of carbonyl (C=O) groups is 1. The molecule has 0 unspecified atom stereocenters. The second kappa shape index (κ2) is 13.4. The van der Waals surface area contributed by atoms with Gasteiger partial charge in [-0.15, -0.1) is 0 Å². The Morgan fingerprint density at radius 2 is 1.63 bits per heavy atom. The summed E-state index contributed by atoms with van der Waals surface area (Å²) in [5.41, 5.74) is 5.56. The molecule has 3 aromatic carbocycles. The number of carbonyl (C=O) groups excluding carboxylic acids is 1. The van der Waals surface area contributed by atoms with Crippen LogP contribution in [0.1, 0.15) is 31.9 Å². The summed E-state index contributed by atoms with van der Waals surface area (Å²) in [5, 5.41) is 0. The lowest BCUT2D eigenvalue weighted by Gasteiger charge is -2.15. The van der Waals surface area contributed by atoms with E-state index in [-0.39, 0.29) is 5.97 Å². The first kappa shape index (κ1) is 26.0. The topological polar surface area (TPSA) is 54.0 Å².